The van der Waals surface area contributed by atoms with Crippen LogP contribution >= 0.6 is 11.8 Å². The first-order chi connectivity index (χ1) is 12.3. The number of carboxylic acids is 1. The van der Waals surface area contributed by atoms with Crippen molar-refractivity contribution in [3.63, 3.8) is 0 Å². The monoisotopic (exact) mass is 389 g/mol. The van der Waals surface area contributed by atoms with E-state index in [9.17, 15) is 15.0 Å². The molecular formula is C20H25N2O4S-. The Morgan fingerprint density at radius 1 is 1.11 bits per heavy atom. The fourth-order valence-electron chi connectivity index (χ4n) is 2.55. The predicted molar refractivity (Wildman–Crippen MR) is 104 cm³/mol. The molecule has 1 heterocycles. The quantitative estimate of drug-likeness (QED) is 0.616. The average molecular weight is 389 g/mol. The van der Waals surface area contributed by atoms with Gasteiger partial charge < -0.3 is 14.6 Å². The fraction of sp³-hybridized carbons (Fsp3) is 0.450. The number of carbonyl (C=O) groups is 1. The summed E-state index contributed by atoms with van der Waals surface area (Å²) < 4.78 is 5.26. The van der Waals surface area contributed by atoms with Crippen molar-refractivity contribution >= 4 is 23.8 Å². The van der Waals surface area contributed by atoms with Crippen molar-refractivity contribution in [1.29, 1.82) is 0 Å². The van der Waals surface area contributed by atoms with E-state index < -0.39 is 5.97 Å². The summed E-state index contributed by atoms with van der Waals surface area (Å²) in [6.07, 6.45) is 1.54. The van der Waals surface area contributed by atoms with Crippen LogP contribution in [0.5, 0.6) is 5.75 Å². The molecule has 1 N–H and O–H groups in total. The van der Waals surface area contributed by atoms with Gasteiger partial charge in [-0.05, 0) is 45.4 Å². The standard InChI is InChI=1S/C20H26N2O4S/c1-11-21-22-18(26-11)27-15(17(24)25)10-12-8-13(19(2,3)4)16(23)14(9-12)20(5,6)7/h8-10,23H,1-7H3,(H,24,25)/p-1/b15-10-. The van der Waals surface area contributed by atoms with Gasteiger partial charge >= 0.3 is 5.97 Å². The lowest BCUT2D eigenvalue weighted by molar-refractivity contribution is -0.271. The van der Waals surface area contributed by atoms with Crippen LogP contribution in [0.3, 0.4) is 0 Å². The number of benzene rings is 1. The predicted octanol–water partition coefficient (Wildman–Crippen LogP) is 4.26. The molecule has 0 bridgehead atoms. The molecule has 0 aliphatic carbocycles. The number of rotatable bonds is 4. The lowest BCUT2D eigenvalue weighted by Gasteiger charge is -2.33. The summed E-state index contributed by atoms with van der Waals surface area (Å²) in [5, 5.41) is 30.2. The van der Waals surface area contributed by atoms with E-state index in [-0.39, 0.29) is 26.7 Å². The SMILES string of the molecule is Cc1nnc(S/C(=C\c2cc(C(C)(C)C)c([O-])c(C(C)(C)C)c2)C(=O)O)o1. The van der Waals surface area contributed by atoms with Gasteiger partial charge in [0.25, 0.3) is 5.22 Å². The minimum atomic E-state index is -1.10. The Hall–Kier alpha value is -2.28. The number of hydrogen-bond acceptors (Lipinski definition) is 6. The maximum atomic E-state index is 13.0. The van der Waals surface area contributed by atoms with E-state index in [1.54, 1.807) is 19.1 Å². The molecule has 0 saturated heterocycles. The summed E-state index contributed by atoms with van der Waals surface area (Å²) in [6, 6.07) is 3.53. The molecular weight excluding hydrogens is 364 g/mol. The average Bonchev–Trinajstić information content (AvgIpc) is 2.90. The van der Waals surface area contributed by atoms with Gasteiger partial charge in [0.05, 0.1) is 0 Å². The molecule has 6 nitrogen and oxygen atoms in total. The third kappa shape index (κ3) is 5.13. The topological polar surface area (TPSA) is 99.3 Å². The van der Waals surface area contributed by atoms with Crippen LogP contribution < -0.4 is 5.11 Å². The molecule has 1 aromatic carbocycles. The molecule has 0 radical (unpaired) electrons. The molecule has 0 spiro atoms. The van der Waals surface area contributed by atoms with E-state index in [0.717, 1.165) is 11.8 Å². The second-order valence-corrected chi connectivity index (χ2v) is 9.44. The van der Waals surface area contributed by atoms with E-state index in [1.807, 2.05) is 41.5 Å². The minimum Gasteiger partial charge on any atom is -0.872 e. The molecule has 0 unspecified atom stereocenters. The molecule has 27 heavy (non-hydrogen) atoms. The number of aliphatic carboxylic acids is 1. The van der Waals surface area contributed by atoms with Crippen molar-refractivity contribution in [2.45, 2.75) is 64.5 Å². The lowest BCUT2D eigenvalue weighted by Crippen LogP contribution is -2.21. The van der Waals surface area contributed by atoms with Crippen LogP contribution in [-0.2, 0) is 15.6 Å². The summed E-state index contributed by atoms with van der Waals surface area (Å²) in [5.41, 5.74) is 1.25. The van der Waals surface area contributed by atoms with Crippen LogP contribution in [0, 0.1) is 6.92 Å². The van der Waals surface area contributed by atoms with Gasteiger partial charge in [-0.3, -0.25) is 0 Å². The van der Waals surface area contributed by atoms with Crippen molar-refractivity contribution in [3.05, 3.63) is 39.6 Å². The van der Waals surface area contributed by atoms with Gasteiger partial charge in [-0.2, -0.15) is 0 Å². The Morgan fingerprint density at radius 2 is 1.63 bits per heavy atom. The van der Waals surface area contributed by atoms with Crippen LogP contribution in [0.1, 0.15) is 64.1 Å². The van der Waals surface area contributed by atoms with E-state index in [1.165, 1.54) is 6.08 Å². The van der Waals surface area contributed by atoms with Crippen molar-refractivity contribution in [2.24, 2.45) is 0 Å². The molecule has 0 amide bonds. The van der Waals surface area contributed by atoms with Gasteiger partial charge in [-0.1, -0.05) is 53.7 Å². The van der Waals surface area contributed by atoms with Gasteiger partial charge in [0.15, 0.2) is 0 Å². The Labute approximate surface area is 163 Å². The summed E-state index contributed by atoms with van der Waals surface area (Å²) in [6.45, 7) is 13.5. The highest BCUT2D eigenvalue weighted by Gasteiger charge is 2.23. The van der Waals surface area contributed by atoms with Crippen LogP contribution in [0.15, 0.2) is 26.7 Å². The highest BCUT2D eigenvalue weighted by Crippen LogP contribution is 2.39. The maximum absolute atomic E-state index is 13.0. The number of hydrogen-bond donors (Lipinski definition) is 1. The van der Waals surface area contributed by atoms with Crippen LogP contribution in [0.4, 0.5) is 0 Å². The first-order valence-electron chi connectivity index (χ1n) is 8.58. The van der Waals surface area contributed by atoms with Crippen molar-refractivity contribution in [1.82, 2.24) is 10.2 Å². The van der Waals surface area contributed by atoms with Crippen LogP contribution in [-0.4, -0.2) is 21.3 Å². The first-order valence-corrected chi connectivity index (χ1v) is 9.39. The maximum Gasteiger partial charge on any atom is 0.342 e. The molecule has 146 valence electrons. The van der Waals surface area contributed by atoms with E-state index in [0.29, 0.717) is 22.6 Å². The molecule has 0 atom stereocenters. The Balaban J connectivity index is 2.60. The number of aromatic nitrogens is 2. The molecule has 2 aromatic rings. The smallest absolute Gasteiger partial charge is 0.342 e. The molecule has 0 aliphatic heterocycles. The van der Waals surface area contributed by atoms with Gasteiger partial charge in [0, 0.05) is 6.92 Å². The Bertz CT molecular complexity index is 851. The molecule has 0 fully saturated rings. The fourth-order valence-corrected chi connectivity index (χ4v) is 3.26. The summed E-state index contributed by atoms with van der Waals surface area (Å²) in [7, 11) is 0. The Morgan fingerprint density at radius 3 is 2.00 bits per heavy atom. The van der Waals surface area contributed by atoms with Crippen molar-refractivity contribution in [2.75, 3.05) is 0 Å². The lowest BCUT2D eigenvalue weighted by atomic mass is 9.78. The minimum absolute atomic E-state index is 0.00389. The number of carboxylic acid groups (broad SMARTS) is 1. The van der Waals surface area contributed by atoms with Gasteiger partial charge in [-0.25, -0.2) is 4.79 Å². The van der Waals surface area contributed by atoms with E-state index >= 15 is 0 Å². The number of thioether (sulfide) groups is 1. The summed E-state index contributed by atoms with van der Waals surface area (Å²) in [4.78, 5) is 11.7. The van der Waals surface area contributed by atoms with Crippen LogP contribution in [0.25, 0.3) is 6.08 Å². The van der Waals surface area contributed by atoms with E-state index in [4.69, 9.17) is 4.42 Å². The summed E-state index contributed by atoms with van der Waals surface area (Å²) in [5.74, 6) is -0.733. The van der Waals surface area contributed by atoms with Gasteiger partial charge in [-0.15, -0.1) is 15.9 Å². The molecule has 7 heteroatoms. The third-order valence-electron chi connectivity index (χ3n) is 3.94. The van der Waals surface area contributed by atoms with Gasteiger partial charge in [0.1, 0.15) is 4.91 Å². The molecule has 0 aliphatic rings. The third-order valence-corrected chi connectivity index (χ3v) is 4.79. The van der Waals surface area contributed by atoms with Gasteiger partial charge in [0.2, 0.25) is 5.89 Å². The second kappa shape index (κ2) is 7.38. The molecule has 0 saturated carbocycles. The largest absolute Gasteiger partial charge is 0.872 e. The number of aryl methyl sites for hydroxylation is 1. The molecule has 2 rings (SSSR count). The van der Waals surface area contributed by atoms with Crippen molar-refractivity contribution in [3.8, 4) is 5.75 Å². The first kappa shape index (κ1) is 21.0. The Kier molecular flexibility index (Phi) is 5.75. The zero-order valence-electron chi connectivity index (χ0n) is 16.7. The highest BCUT2D eigenvalue weighted by atomic mass is 32.2. The zero-order valence-corrected chi connectivity index (χ0v) is 17.5. The van der Waals surface area contributed by atoms with Crippen LogP contribution in [0.2, 0.25) is 0 Å². The summed E-state index contributed by atoms with van der Waals surface area (Å²) >= 11 is 0.887. The van der Waals surface area contributed by atoms with E-state index in [2.05, 4.69) is 10.2 Å². The second-order valence-electron chi connectivity index (χ2n) is 8.45. The zero-order chi connectivity index (χ0) is 20.6. The normalized spacial score (nSPS) is 13.1. The number of nitrogens with zero attached hydrogens (tertiary/aromatic N) is 2. The van der Waals surface area contributed by atoms with Crippen molar-refractivity contribution < 1.29 is 19.4 Å². The molecule has 1 aromatic heterocycles. The highest BCUT2D eigenvalue weighted by molar-refractivity contribution is 8.03.